The van der Waals surface area contributed by atoms with Crippen LogP contribution < -0.4 is 5.32 Å². The molecule has 266 valence electrons. The number of hydrogen-bond donors (Lipinski definition) is 3. The molecule has 4 heterocycles. The number of likely N-dealkylation sites (tertiary alicyclic amines) is 2. The minimum Gasteiger partial charge on any atom is -0.453 e. The lowest BCUT2D eigenvalue weighted by molar-refractivity contribution is -0.138. The van der Waals surface area contributed by atoms with Crippen molar-refractivity contribution >= 4 is 28.9 Å². The molecule has 4 atom stereocenters. The topological polar surface area (TPSA) is 140 Å². The van der Waals surface area contributed by atoms with Crippen LogP contribution in [0.4, 0.5) is 4.79 Å². The zero-order valence-corrected chi connectivity index (χ0v) is 30.2. The summed E-state index contributed by atoms with van der Waals surface area (Å²) < 4.78 is 4.76. The smallest absolute Gasteiger partial charge is 0.407 e. The van der Waals surface area contributed by atoms with E-state index in [0.29, 0.717) is 6.54 Å². The number of benzene rings is 2. The van der Waals surface area contributed by atoms with Gasteiger partial charge in [0.2, 0.25) is 11.8 Å². The fraction of sp³-hybridized carbons (Fsp3) is 0.500. The Morgan fingerprint density at radius 3 is 2.08 bits per heavy atom. The zero-order chi connectivity index (χ0) is 35.7. The molecular formula is C38H50N8O4. The van der Waals surface area contributed by atoms with Gasteiger partial charge in [0.25, 0.3) is 0 Å². The highest BCUT2D eigenvalue weighted by Gasteiger charge is 2.39. The summed E-state index contributed by atoms with van der Waals surface area (Å²) in [6.45, 7) is 9.36. The van der Waals surface area contributed by atoms with Crippen molar-refractivity contribution < 1.29 is 19.1 Å². The number of likely N-dealkylation sites (N-methyl/N-ethyl adjacent to an activating group) is 1. The number of carbonyl (C=O) groups excluding carboxylic acids is 3. The van der Waals surface area contributed by atoms with Gasteiger partial charge in [0.15, 0.2) is 0 Å². The van der Waals surface area contributed by atoms with Crippen LogP contribution in [-0.4, -0.2) is 98.9 Å². The molecule has 0 saturated carbocycles. The number of aromatic amines is 2. The van der Waals surface area contributed by atoms with Gasteiger partial charge in [-0.25, -0.2) is 14.8 Å². The van der Waals surface area contributed by atoms with Gasteiger partial charge >= 0.3 is 6.09 Å². The number of fused-ring (bicyclic) bond motifs is 1. The highest BCUT2D eigenvalue weighted by Crippen LogP contribution is 2.35. The molecule has 12 heteroatoms. The lowest BCUT2D eigenvalue weighted by Crippen LogP contribution is -2.51. The van der Waals surface area contributed by atoms with Gasteiger partial charge in [-0.1, -0.05) is 58.0 Å². The van der Waals surface area contributed by atoms with Crippen molar-refractivity contribution in [2.45, 2.75) is 77.5 Å². The number of nitrogens with one attached hydrogen (secondary N) is 3. The summed E-state index contributed by atoms with van der Waals surface area (Å²) in [7, 11) is 5.24. The molecule has 2 fully saturated rings. The highest BCUT2D eigenvalue weighted by molar-refractivity contribution is 5.87. The molecule has 0 unspecified atom stereocenters. The number of carbonyl (C=O) groups is 3. The van der Waals surface area contributed by atoms with Gasteiger partial charge in [0, 0.05) is 13.1 Å². The van der Waals surface area contributed by atoms with Crippen LogP contribution >= 0.6 is 0 Å². The molecule has 12 nitrogen and oxygen atoms in total. The van der Waals surface area contributed by atoms with Crippen molar-refractivity contribution in [3.8, 4) is 22.4 Å². The number of ether oxygens (including phenoxy) is 1. The first-order valence-electron chi connectivity index (χ1n) is 17.7. The van der Waals surface area contributed by atoms with Crippen LogP contribution in [0.3, 0.4) is 0 Å². The van der Waals surface area contributed by atoms with E-state index in [-0.39, 0.29) is 41.8 Å². The number of alkyl carbamates (subject to hydrolysis) is 1. The molecule has 2 aromatic carbocycles. The van der Waals surface area contributed by atoms with Crippen LogP contribution in [0.5, 0.6) is 0 Å². The lowest BCUT2D eigenvalue weighted by atomic mass is 10.0. The van der Waals surface area contributed by atoms with Crippen molar-refractivity contribution in [3.05, 3.63) is 60.3 Å². The summed E-state index contributed by atoms with van der Waals surface area (Å²) in [6.07, 6.45) is 4.76. The van der Waals surface area contributed by atoms with E-state index >= 15 is 0 Å². The van der Waals surface area contributed by atoms with Gasteiger partial charge in [0.05, 0.1) is 48.2 Å². The minimum atomic E-state index is -0.678. The Labute approximate surface area is 294 Å². The first kappa shape index (κ1) is 35.1. The molecule has 0 bridgehead atoms. The number of imidazole rings is 2. The Kier molecular flexibility index (Phi) is 10.3. The third-order valence-corrected chi connectivity index (χ3v) is 10.2. The molecule has 0 aliphatic carbocycles. The summed E-state index contributed by atoms with van der Waals surface area (Å²) >= 11 is 0. The molecule has 2 aliphatic rings. The molecule has 2 aliphatic heterocycles. The maximum absolute atomic E-state index is 13.6. The fourth-order valence-corrected chi connectivity index (χ4v) is 7.64. The minimum absolute atomic E-state index is 0.0506. The predicted octanol–water partition coefficient (Wildman–Crippen LogP) is 5.91. The van der Waals surface area contributed by atoms with Crippen molar-refractivity contribution in [1.29, 1.82) is 0 Å². The van der Waals surface area contributed by atoms with Crippen LogP contribution in [0, 0.1) is 11.8 Å². The summed E-state index contributed by atoms with van der Waals surface area (Å²) in [4.78, 5) is 61.5. The third-order valence-electron chi connectivity index (χ3n) is 10.2. The SMILES string of the molecule is COC(=O)N[C@H](C(=O)N1CCC[C@H]1c1nc2ccc(-c3ccc(-c4cnc([C@@H]5CCCN5C(=O)[C@H](C(C)C)N(C)C)[nH]4)cc3)cc2[nH]1)C(C)C. The molecule has 0 radical (unpaired) electrons. The first-order valence-corrected chi connectivity index (χ1v) is 17.7. The van der Waals surface area contributed by atoms with E-state index in [4.69, 9.17) is 14.7 Å². The molecule has 2 aromatic heterocycles. The number of nitrogens with zero attached hydrogens (tertiary/aromatic N) is 5. The van der Waals surface area contributed by atoms with Crippen molar-refractivity contribution in [1.82, 2.24) is 40.0 Å². The average molecular weight is 683 g/mol. The Bertz CT molecular complexity index is 1820. The summed E-state index contributed by atoms with van der Waals surface area (Å²) in [5, 5.41) is 2.71. The second-order valence-electron chi connectivity index (χ2n) is 14.5. The number of hydrogen-bond acceptors (Lipinski definition) is 7. The maximum atomic E-state index is 13.6. The Morgan fingerprint density at radius 2 is 1.46 bits per heavy atom. The molecule has 3 N–H and O–H groups in total. The van der Waals surface area contributed by atoms with E-state index < -0.39 is 12.1 Å². The molecule has 0 spiro atoms. The molecule has 6 rings (SSSR count). The van der Waals surface area contributed by atoms with Gasteiger partial charge in [-0.15, -0.1) is 0 Å². The van der Waals surface area contributed by atoms with Gasteiger partial charge in [0.1, 0.15) is 17.7 Å². The van der Waals surface area contributed by atoms with Crippen LogP contribution in [0.15, 0.2) is 48.7 Å². The number of aromatic nitrogens is 4. The standard InChI is InChI=1S/C38H50N8O4/c1-22(2)32(43-38(49)50-7)36(47)45-18-9-11-31(45)35-40-27-17-16-26(20-28(27)41-35)24-12-14-25(15-13-24)29-21-39-34(42-29)30-10-8-19-46(30)37(48)33(23(3)4)44(5)6/h12-17,20-23,30-33H,8-11,18-19H2,1-7H3,(H,39,42)(H,40,41)(H,43,49)/t30-,31-,32-,33-/m0/s1. The van der Waals surface area contributed by atoms with Crippen molar-refractivity contribution in [2.75, 3.05) is 34.3 Å². The van der Waals surface area contributed by atoms with Crippen LogP contribution in [0.25, 0.3) is 33.4 Å². The fourth-order valence-electron chi connectivity index (χ4n) is 7.64. The van der Waals surface area contributed by atoms with E-state index in [1.165, 1.54) is 7.11 Å². The van der Waals surface area contributed by atoms with Gasteiger partial charge in [-0.2, -0.15) is 0 Å². The quantitative estimate of drug-likeness (QED) is 0.189. The second-order valence-corrected chi connectivity index (χ2v) is 14.5. The highest BCUT2D eigenvalue weighted by atomic mass is 16.5. The monoisotopic (exact) mass is 682 g/mol. The molecule has 50 heavy (non-hydrogen) atoms. The van der Waals surface area contributed by atoms with Gasteiger partial charge in [-0.3, -0.25) is 14.5 Å². The summed E-state index contributed by atoms with van der Waals surface area (Å²) in [5.74, 6) is 1.74. The van der Waals surface area contributed by atoms with Crippen molar-refractivity contribution in [2.24, 2.45) is 11.8 Å². The number of rotatable bonds is 10. The molecular weight excluding hydrogens is 632 g/mol. The van der Waals surface area contributed by atoms with Crippen LogP contribution in [-0.2, 0) is 14.3 Å². The third kappa shape index (κ3) is 6.98. The number of methoxy groups -OCH3 is 1. The largest absolute Gasteiger partial charge is 0.453 e. The normalized spacial score (nSPS) is 19.2. The van der Waals surface area contributed by atoms with Gasteiger partial charge in [-0.05, 0) is 80.4 Å². The Balaban J connectivity index is 1.17. The van der Waals surface area contributed by atoms with Crippen LogP contribution in [0.1, 0.15) is 77.1 Å². The Hall–Kier alpha value is -4.71. The van der Waals surface area contributed by atoms with E-state index in [1.807, 2.05) is 54.9 Å². The first-order chi connectivity index (χ1) is 24.0. The summed E-state index contributed by atoms with van der Waals surface area (Å²) in [5.41, 5.74) is 5.79. The van der Waals surface area contributed by atoms with E-state index in [9.17, 15) is 14.4 Å². The lowest BCUT2D eigenvalue weighted by Gasteiger charge is -2.33. The average Bonchev–Trinajstić information content (AvgIpc) is 3.91. The number of amides is 3. The zero-order valence-electron chi connectivity index (χ0n) is 30.2. The summed E-state index contributed by atoms with van der Waals surface area (Å²) in [6, 6.07) is 13.4. The van der Waals surface area contributed by atoms with E-state index in [1.54, 1.807) is 0 Å². The Morgan fingerprint density at radius 1 is 0.840 bits per heavy atom. The molecule has 2 saturated heterocycles. The second kappa shape index (κ2) is 14.6. The molecule has 4 aromatic rings. The number of H-pyrrole nitrogens is 2. The van der Waals surface area contributed by atoms with E-state index in [2.05, 4.69) is 65.5 Å². The maximum Gasteiger partial charge on any atom is 0.407 e. The van der Waals surface area contributed by atoms with Crippen molar-refractivity contribution in [3.63, 3.8) is 0 Å². The molecule has 3 amide bonds. The van der Waals surface area contributed by atoms with Crippen LogP contribution in [0.2, 0.25) is 0 Å². The van der Waals surface area contributed by atoms with Gasteiger partial charge < -0.3 is 29.8 Å². The van der Waals surface area contributed by atoms with E-state index in [0.717, 1.165) is 77.3 Å². The predicted molar refractivity (Wildman–Crippen MR) is 193 cm³/mol.